The highest BCUT2D eigenvalue weighted by molar-refractivity contribution is 5.70. The molecular weight excluding hydrogens is 384 g/mol. The molecule has 1 aliphatic rings. The largest absolute Gasteiger partial charge is 0.315 e. The quantitative estimate of drug-likeness (QED) is 0.557. The van der Waals surface area contributed by atoms with Gasteiger partial charge in [0.2, 0.25) is 0 Å². The SMILES string of the molecule is N#Cc1ccc(-c2nc3ccc(-c4ccccc4)cn3c2CN2CCCNCC2)cn1. The van der Waals surface area contributed by atoms with Crippen LogP contribution in [0.25, 0.3) is 28.0 Å². The standard InChI is InChI=1S/C25H24N6/c26-15-22-9-7-20(16-28-22)25-23(18-30-13-4-11-27-12-14-30)31-17-21(8-10-24(31)29-25)19-5-2-1-3-6-19/h1-3,5-10,16-17,27H,4,11-14,18H2. The van der Waals surface area contributed by atoms with E-state index in [4.69, 9.17) is 10.2 Å². The van der Waals surface area contributed by atoms with Crippen molar-refractivity contribution in [1.29, 1.82) is 5.26 Å². The fraction of sp³-hybridized carbons (Fsp3) is 0.240. The van der Waals surface area contributed by atoms with E-state index in [1.165, 1.54) is 5.56 Å². The number of benzene rings is 1. The third-order valence-electron chi connectivity index (χ3n) is 5.78. The van der Waals surface area contributed by atoms with Gasteiger partial charge in [0.25, 0.3) is 0 Å². The molecule has 1 fully saturated rings. The van der Waals surface area contributed by atoms with Crippen LogP contribution in [0.5, 0.6) is 0 Å². The molecule has 0 aliphatic carbocycles. The first-order valence-electron chi connectivity index (χ1n) is 10.7. The van der Waals surface area contributed by atoms with Gasteiger partial charge >= 0.3 is 0 Å². The molecule has 154 valence electrons. The van der Waals surface area contributed by atoms with Crippen molar-refractivity contribution in [1.82, 2.24) is 24.6 Å². The van der Waals surface area contributed by atoms with Gasteiger partial charge in [-0.15, -0.1) is 0 Å². The summed E-state index contributed by atoms with van der Waals surface area (Å²) in [6, 6.07) is 20.4. The number of fused-ring (bicyclic) bond motifs is 1. The summed E-state index contributed by atoms with van der Waals surface area (Å²) >= 11 is 0. The molecule has 6 nitrogen and oxygen atoms in total. The van der Waals surface area contributed by atoms with Crippen molar-refractivity contribution in [3.63, 3.8) is 0 Å². The number of nitrogens with zero attached hydrogens (tertiary/aromatic N) is 5. The van der Waals surface area contributed by atoms with E-state index < -0.39 is 0 Å². The molecule has 4 aromatic rings. The third-order valence-corrected chi connectivity index (χ3v) is 5.78. The molecule has 3 aromatic heterocycles. The average molecular weight is 409 g/mol. The van der Waals surface area contributed by atoms with Gasteiger partial charge in [0.1, 0.15) is 17.4 Å². The summed E-state index contributed by atoms with van der Waals surface area (Å²) in [4.78, 5) is 11.7. The first-order chi connectivity index (χ1) is 15.3. The maximum Gasteiger partial charge on any atom is 0.140 e. The molecule has 0 spiro atoms. The van der Waals surface area contributed by atoms with Crippen molar-refractivity contribution in [3.8, 4) is 28.5 Å². The van der Waals surface area contributed by atoms with Crippen molar-refractivity contribution in [2.75, 3.05) is 26.2 Å². The fourth-order valence-corrected chi connectivity index (χ4v) is 4.15. The number of rotatable bonds is 4. The molecule has 1 aliphatic heterocycles. The molecule has 4 heterocycles. The Bertz CT molecular complexity index is 1210. The lowest BCUT2D eigenvalue weighted by Gasteiger charge is -2.20. The summed E-state index contributed by atoms with van der Waals surface area (Å²) in [6.07, 6.45) is 5.08. The number of hydrogen-bond acceptors (Lipinski definition) is 5. The predicted molar refractivity (Wildman–Crippen MR) is 121 cm³/mol. The Labute approximate surface area is 181 Å². The van der Waals surface area contributed by atoms with Gasteiger partial charge in [-0.2, -0.15) is 5.26 Å². The van der Waals surface area contributed by atoms with Gasteiger partial charge in [0.05, 0.1) is 11.4 Å². The van der Waals surface area contributed by atoms with Crippen molar-refractivity contribution in [3.05, 3.63) is 78.4 Å². The zero-order valence-corrected chi connectivity index (χ0v) is 17.3. The van der Waals surface area contributed by atoms with Gasteiger partial charge in [-0.25, -0.2) is 9.97 Å². The maximum atomic E-state index is 9.10. The number of nitriles is 1. The Morgan fingerprint density at radius 3 is 2.61 bits per heavy atom. The van der Waals surface area contributed by atoms with E-state index in [1.807, 2.05) is 12.1 Å². The maximum absolute atomic E-state index is 9.10. The van der Waals surface area contributed by atoms with E-state index in [2.05, 4.69) is 68.3 Å². The second kappa shape index (κ2) is 8.68. The second-order valence-corrected chi connectivity index (χ2v) is 7.84. The molecule has 0 bridgehead atoms. The Hall–Kier alpha value is -3.53. The van der Waals surface area contributed by atoms with Crippen LogP contribution in [0, 0.1) is 11.3 Å². The Morgan fingerprint density at radius 2 is 1.81 bits per heavy atom. The first kappa shape index (κ1) is 19.4. The van der Waals surface area contributed by atoms with Crippen LogP contribution in [0.1, 0.15) is 17.8 Å². The smallest absolute Gasteiger partial charge is 0.140 e. The van der Waals surface area contributed by atoms with E-state index in [-0.39, 0.29) is 0 Å². The highest BCUT2D eigenvalue weighted by atomic mass is 15.2. The van der Waals surface area contributed by atoms with Gasteiger partial charge in [-0.3, -0.25) is 4.90 Å². The Morgan fingerprint density at radius 1 is 0.935 bits per heavy atom. The van der Waals surface area contributed by atoms with Crippen molar-refractivity contribution < 1.29 is 0 Å². The van der Waals surface area contributed by atoms with Crippen molar-refractivity contribution >= 4 is 5.65 Å². The summed E-state index contributed by atoms with van der Waals surface area (Å²) in [6.45, 7) is 4.95. The highest BCUT2D eigenvalue weighted by Gasteiger charge is 2.19. The summed E-state index contributed by atoms with van der Waals surface area (Å²) in [5, 5.41) is 12.6. The normalized spacial score (nSPS) is 14.9. The monoisotopic (exact) mass is 408 g/mol. The molecule has 0 radical (unpaired) electrons. The summed E-state index contributed by atoms with van der Waals surface area (Å²) in [5.74, 6) is 0. The number of aromatic nitrogens is 3. The minimum Gasteiger partial charge on any atom is -0.315 e. The van der Waals surface area contributed by atoms with Crippen LogP contribution in [0.2, 0.25) is 0 Å². The minimum atomic E-state index is 0.416. The van der Waals surface area contributed by atoms with Gasteiger partial charge < -0.3 is 9.72 Å². The average Bonchev–Trinajstić information content (AvgIpc) is 2.98. The fourth-order valence-electron chi connectivity index (χ4n) is 4.15. The molecule has 0 unspecified atom stereocenters. The number of hydrogen-bond donors (Lipinski definition) is 1. The number of nitrogens with one attached hydrogen (secondary N) is 1. The highest BCUT2D eigenvalue weighted by Crippen LogP contribution is 2.28. The van der Waals surface area contributed by atoms with Crippen LogP contribution >= 0.6 is 0 Å². The van der Waals surface area contributed by atoms with E-state index >= 15 is 0 Å². The molecular formula is C25H24N6. The van der Waals surface area contributed by atoms with Crippen LogP contribution in [-0.4, -0.2) is 45.4 Å². The van der Waals surface area contributed by atoms with Crippen LogP contribution in [0.4, 0.5) is 0 Å². The predicted octanol–water partition coefficient (Wildman–Crippen LogP) is 3.73. The first-order valence-corrected chi connectivity index (χ1v) is 10.7. The third kappa shape index (κ3) is 4.06. The van der Waals surface area contributed by atoms with Crippen molar-refractivity contribution in [2.45, 2.75) is 13.0 Å². The van der Waals surface area contributed by atoms with Gasteiger partial charge in [-0.05, 0) is 54.9 Å². The molecule has 0 amide bonds. The Kier molecular flexibility index (Phi) is 5.44. The zero-order chi connectivity index (χ0) is 21.0. The van der Waals surface area contributed by atoms with Crippen LogP contribution in [0.15, 0.2) is 67.0 Å². The van der Waals surface area contributed by atoms with Crippen LogP contribution in [-0.2, 0) is 6.54 Å². The number of imidazole rings is 1. The molecule has 1 saturated heterocycles. The lowest BCUT2D eigenvalue weighted by molar-refractivity contribution is 0.281. The second-order valence-electron chi connectivity index (χ2n) is 7.84. The number of pyridine rings is 2. The lowest BCUT2D eigenvalue weighted by atomic mass is 10.1. The lowest BCUT2D eigenvalue weighted by Crippen LogP contribution is -2.28. The van der Waals surface area contributed by atoms with Crippen molar-refractivity contribution in [2.24, 2.45) is 0 Å². The molecule has 1 N–H and O–H groups in total. The minimum absolute atomic E-state index is 0.416. The summed E-state index contributed by atoms with van der Waals surface area (Å²) < 4.78 is 2.22. The topological polar surface area (TPSA) is 69.2 Å². The van der Waals surface area contributed by atoms with Gasteiger partial charge in [0, 0.05) is 37.6 Å². The van der Waals surface area contributed by atoms with Gasteiger partial charge in [0.15, 0.2) is 0 Å². The van der Waals surface area contributed by atoms with E-state index in [1.54, 1.807) is 12.3 Å². The zero-order valence-electron chi connectivity index (χ0n) is 17.3. The summed E-state index contributed by atoms with van der Waals surface area (Å²) in [7, 11) is 0. The molecule has 0 saturated carbocycles. The Balaban J connectivity index is 1.62. The summed E-state index contributed by atoms with van der Waals surface area (Å²) in [5.41, 5.74) is 6.70. The molecule has 31 heavy (non-hydrogen) atoms. The van der Waals surface area contributed by atoms with E-state index in [0.29, 0.717) is 5.69 Å². The molecule has 5 rings (SSSR count). The van der Waals surface area contributed by atoms with Crippen LogP contribution in [0.3, 0.4) is 0 Å². The molecule has 0 atom stereocenters. The van der Waals surface area contributed by atoms with Gasteiger partial charge in [-0.1, -0.05) is 30.3 Å². The molecule has 6 heteroatoms. The van der Waals surface area contributed by atoms with Crippen LogP contribution < -0.4 is 5.32 Å². The molecule has 1 aromatic carbocycles. The van der Waals surface area contributed by atoms with E-state index in [9.17, 15) is 0 Å². The van der Waals surface area contributed by atoms with E-state index in [0.717, 1.165) is 67.3 Å².